The smallest absolute Gasteiger partial charge is 0.0912 e. The zero-order valence-corrected chi connectivity index (χ0v) is 15.8. The van der Waals surface area contributed by atoms with E-state index in [1.807, 2.05) is 18.2 Å². The summed E-state index contributed by atoms with van der Waals surface area (Å²) in [5.41, 5.74) is 3.00. The summed E-state index contributed by atoms with van der Waals surface area (Å²) in [6, 6.07) is 11.4. The van der Waals surface area contributed by atoms with E-state index in [0.717, 1.165) is 5.92 Å². The summed E-state index contributed by atoms with van der Waals surface area (Å²) in [7, 11) is 0. The Kier molecular flexibility index (Phi) is 9.13. The highest BCUT2D eigenvalue weighted by Gasteiger charge is 2.19. The van der Waals surface area contributed by atoms with Gasteiger partial charge in [0.2, 0.25) is 0 Å². The number of unbranched alkanes of at least 4 members (excludes halogenated alkanes) is 2. The number of hydrogen-bond acceptors (Lipinski definition) is 1. The van der Waals surface area contributed by atoms with E-state index in [0.29, 0.717) is 5.92 Å². The maximum Gasteiger partial charge on any atom is 0.0912 e. The molecule has 0 atom stereocenters. The monoisotopic (exact) mass is 335 g/mol. The Bertz CT molecular complexity index is 565. The molecule has 1 saturated carbocycles. The first-order valence-electron chi connectivity index (χ1n) is 10.1. The van der Waals surface area contributed by atoms with Gasteiger partial charge >= 0.3 is 0 Å². The van der Waals surface area contributed by atoms with Gasteiger partial charge in [-0.15, -0.1) is 0 Å². The standard InChI is InChI=1S/C24H33N/c1-2-3-5-8-21-10-14-23(15-11-21)18-19-24-16-12-22(13-17-24)9-6-4-7-20-25/h4,6-7,9-11,14-15,22,24H,2-3,5,8,12-13,16-19H2,1H3. The molecule has 1 aliphatic rings. The third-order valence-electron chi connectivity index (χ3n) is 5.49. The molecule has 1 heteroatoms. The van der Waals surface area contributed by atoms with E-state index in [1.165, 1.54) is 81.4 Å². The SMILES string of the molecule is CCCCCc1ccc(CCC2CCC(C=CC=CC#N)CC2)cc1. The maximum absolute atomic E-state index is 8.48. The normalized spacial score (nSPS) is 21.0. The molecule has 25 heavy (non-hydrogen) atoms. The van der Waals surface area contributed by atoms with Crippen LogP contribution in [0, 0.1) is 23.2 Å². The molecule has 0 amide bonds. The molecule has 0 aromatic heterocycles. The fraction of sp³-hybridized carbons (Fsp3) is 0.542. The van der Waals surface area contributed by atoms with Crippen molar-refractivity contribution in [2.75, 3.05) is 0 Å². The molecule has 0 saturated heterocycles. The first kappa shape index (κ1) is 19.5. The molecule has 134 valence electrons. The number of hydrogen-bond donors (Lipinski definition) is 0. The second-order valence-corrected chi connectivity index (χ2v) is 7.47. The summed E-state index contributed by atoms with van der Waals surface area (Å²) in [6.07, 6.45) is 20.8. The van der Waals surface area contributed by atoms with Crippen molar-refractivity contribution in [2.24, 2.45) is 11.8 Å². The van der Waals surface area contributed by atoms with E-state index in [-0.39, 0.29) is 0 Å². The Morgan fingerprint density at radius 1 is 0.960 bits per heavy atom. The van der Waals surface area contributed by atoms with Crippen LogP contribution in [0.1, 0.15) is 69.4 Å². The molecule has 0 N–H and O–H groups in total. The molecule has 0 bridgehead atoms. The van der Waals surface area contributed by atoms with Gasteiger partial charge in [0, 0.05) is 6.08 Å². The number of nitrogens with zero attached hydrogens (tertiary/aromatic N) is 1. The van der Waals surface area contributed by atoms with Crippen molar-refractivity contribution >= 4 is 0 Å². The van der Waals surface area contributed by atoms with E-state index < -0.39 is 0 Å². The Balaban J connectivity index is 1.66. The molecule has 1 nitrogen and oxygen atoms in total. The van der Waals surface area contributed by atoms with Gasteiger partial charge in [0.15, 0.2) is 0 Å². The average Bonchev–Trinajstić information content (AvgIpc) is 2.66. The lowest BCUT2D eigenvalue weighted by molar-refractivity contribution is 0.296. The van der Waals surface area contributed by atoms with Crippen molar-refractivity contribution in [1.82, 2.24) is 0 Å². The molecule has 0 spiro atoms. The molecule has 0 unspecified atom stereocenters. The lowest BCUT2D eigenvalue weighted by Crippen LogP contribution is -2.13. The van der Waals surface area contributed by atoms with E-state index in [1.54, 1.807) is 0 Å². The molecular formula is C24H33N. The van der Waals surface area contributed by atoms with E-state index in [4.69, 9.17) is 5.26 Å². The van der Waals surface area contributed by atoms with Crippen LogP contribution in [0.2, 0.25) is 0 Å². The van der Waals surface area contributed by atoms with Crippen LogP contribution in [0.15, 0.2) is 48.6 Å². The summed E-state index contributed by atoms with van der Waals surface area (Å²) in [5.74, 6) is 1.60. The largest absolute Gasteiger partial charge is 0.193 e. The molecule has 2 rings (SSSR count). The zero-order chi connectivity index (χ0) is 17.7. The van der Waals surface area contributed by atoms with Crippen LogP contribution >= 0.6 is 0 Å². The van der Waals surface area contributed by atoms with E-state index in [2.05, 4.69) is 37.3 Å². The van der Waals surface area contributed by atoms with Crippen LogP contribution in [0.25, 0.3) is 0 Å². The van der Waals surface area contributed by atoms with Gasteiger partial charge in [-0.05, 0) is 74.3 Å². The van der Waals surface area contributed by atoms with Crippen LogP contribution in [0.5, 0.6) is 0 Å². The van der Waals surface area contributed by atoms with Gasteiger partial charge in [0.05, 0.1) is 6.07 Å². The van der Waals surface area contributed by atoms with Crippen molar-refractivity contribution in [3.63, 3.8) is 0 Å². The summed E-state index contributed by atoms with van der Waals surface area (Å²) < 4.78 is 0. The van der Waals surface area contributed by atoms with Gasteiger partial charge in [-0.3, -0.25) is 0 Å². The van der Waals surface area contributed by atoms with Gasteiger partial charge in [0.1, 0.15) is 0 Å². The van der Waals surface area contributed by atoms with Gasteiger partial charge in [-0.25, -0.2) is 0 Å². The quantitative estimate of drug-likeness (QED) is 0.277. The predicted octanol–water partition coefficient (Wildman–Crippen LogP) is 6.79. The molecule has 0 radical (unpaired) electrons. The Labute approximate surface area is 154 Å². The van der Waals surface area contributed by atoms with Gasteiger partial charge in [-0.2, -0.15) is 5.26 Å². The Morgan fingerprint density at radius 2 is 1.64 bits per heavy atom. The van der Waals surface area contributed by atoms with Gasteiger partial charge < -0.3 is 0 Å². The topological polar surface area (TPSA) is 23.8 Å². The molecule has 1 aromatic rings. The second-order valence-electron chi connectivity index (χ2n) is 7.47. The summed E-state index contributed by atoms with van der Waals surface area (Å²) >= 11 is 0. The van der Waals surface area contributed by atoms with Gasteiger partial charge in [-0.1, -0.05) is 62.3 Å². The predicted molar refractivity (Wildman–Crippen MR) is 107 cm³/mol. The fourth-order valence-corrected chi connectivity index (χ4v) is 3.81. The van der Waals surface area contributed by atoms with Crippen LogP contribution in [-0.2, 0) is 12.8 Å². The first-order chi connectivity index (χ1) is 12.3. The number of nitriles is 1. The molecule has 0 aliphatic heterocycles. The van der Waals surface area contributed by atoms with Crippen molar-refractivity contribution < 1.29 is 0 Å². The van der Waals surface area contributed by atoms with Crippen molar-refractivity contribution in [3.8, 4) is 6.07 Å². The third-order valence-corrected chi connectivity index (χ3v) is 5.49. The fourth-order valence-electron chi connectivity index (χ4n) is 3.81. The minimum absolute atomic E-state index is 0.710. The Hall–Kier alpha value is -1.81. The summed E-state index contributed by atoms with van der Waals surface area (Å²) in [4.78, 5) is 0. The minimum Gasteiger partial charge on any atom is -0.193 e. The number of benzene rings is 1. The highest BCUT2D eigenvalue weighted by atomic mass is 14.2. The van der Waals surface area contributed by atoms with Crippen molar-refractivity contribution in [1.29, 1.82) is 5.26 Å². The number of allylic oxidation sites excluding steroid dienone is 4. The van der Waals surface area contributed by atoms with E-state index >= 15 is 0 Å². The number of aryl methyl sites for hydroxylation is 2. The van der Waals surface area contributed by atoms with E-state index in [9.17, 15) is 0 Å². The van der Waals surface area contributed by atoms with Crippen LogP contribution < -0.4 is 0 Å². The highest BCUT2D eigenvalue weighted by Crippen LogP contribution is 2.32. The maximum atomic E-state index is 8.48. The molecule has 1 fully saturated rings. The molecule has 1 aliphatic carbocycles. The molecule has 0 heterocycles. The average molecular weight is 336 g/mol. The first-order valence-corrected chi connectivity index (χ1v) is 10.1. The zero-order valence-electron chi connectivity index (χ0n) is 15.8. The number of rotatable bonds is 9. The highest BCUT2D eigenvalue weighted by molar-refractivity contribution is 5.22. The third kappa shape index (κ3) is 7.74. The van der Waals surface area contributed by atoms with Crippen molar-refractivity contribution in [2.45, 2.75) is 71.1 Å². The van der Waals surface area contributed by atoms with Crippen LogP contribution in [0.3, 0.4) is 0 Å². The molecule has 1 aromatic carbocycles. The minimum atomic E-state index is 0.710. The Morgan fingerprint density at radius 3 is 2.28 bits per heavy atom. The van der Waals surface area contributed by atoms with Crippen LogP contribution in [0.4, 0.5) is 0 Å². The molecular weight excluding hydrogens is 302 g/mol. The lowest BCUT2D eigenvalue weighted by atomic mass is 9.79. The lowest BCUT2D eigenvalue weighted by Gasteiger charge is -2.26. The summed E-state index contributed by atoms with van der Waals surface area (Å²) in [5, 5.41) is 8.48. The van der Waals surface area contributed by atoms with Gasteiger partial charge in [0.25, 0.3) is 0 Å². The summed E-state index contributed by atoms with van der Waals surface area (Å²) in [6.45, 7) is 2.26. The van der Waals surface area contributed by atoms with Crippen LogP contribution in [-0.4, -0.2) is 0 Å². The second kappa shape index (κ2) is 11.7. The van der Waals surface area contributed by atoms with Crippen molar-refractivity contribution in [3.05, 3.63) is 59.7 Å².